The number of aliphatic hydroxyl groups excluding tert-OH is 1. The lowest BCUT2D eigenvalue weighted by Crippen LogP contribution is -2.28. The molecule has 2 atom stereocenters. The Labute approximate surface area is 97.5 Å². The molecule has 0 saturated carbocycles. The average Bonchev–Trinajstić information content (AvgIpc) is 2.25. The molecule has 0 bridgehead atoms. The van der Waals surface area contributed by atoms with Crippen LogP contribution >= 0.6 is 0 Å². The molecule has 0 fully saturated rings. The third-order valence-corrected chi connectivity index (χ3v) is 2.73. The van der Waals surface area contributed by atoms with Crippen LogP contribution in [0.2, 0.25) is 0 Å². The Balaban J connectivity index is 2.90. The maximum Gasteiger partial charge on any atom is 0.107 e. The van der Waals surface area contributed by atoms with E-state index >= 15 is 0 Å². The largest absolute Gasteiger partial charge is 0.386 e. The van der Waals surface area contributed by atoms with Gasteiger partial charge in [0.1, 0.15) is 6.10 Å². The summed E-state index contributed by atoms with van der Waals surface area (Å²) < 4.78 is 5.60. The van der Waals surface area contributed by atoms with Crippen LogP contribution in [-0.4, -0.2) is 22.8 Å². The number of hydrogen-bond acceptors (Lipinski definition) is 3. The fraction of sp³-hybridized carbons (Fsp3) is 0.615. The average molecular weight is 223 g/mol. The van der Waals surface area contributed by atoms with Gasteiger partial charge in [-0.05, 0) is 31.4 Å². The van der Waals surface area contributed by atoms with Crippen LogP contribution in [0.15, 0.2) is 18.5 Å². The number of pyridine rings is 1. The second-order valence-corrected chi connectivity index (χ2v) is 4.34. The molecule has 0 amide bonds. The molecule has 90 valence electrons. The Morgan fingerprint density at radius 1 is 1.44 bits per heavy atom. The Morgan fingerprint density at radius 3 is 2.62 bits per heavy atom. The Bertz CT molecular complexity index is 325. The first-order valence-corrected chi connectivity index (χ1v) is 5.78. The van der Waals surface area contributed by atoms with E-state index in [1.165, 1.54) is 0 Å². The Kier molecular flexibility index (Phi) is 4.90. The molecule has 1 aromatic rings. The highest BCUT2D eigenvalue weighted by molar-refractivity contribution is 5.24. The molecule has 0 spiro atoms. The summed E-state index contributed by atoms with van der Waals surface area (Å²) in [7, 11) is 0. The van der Waals surface area contributed by atoms with Gasteiger partial charge in [-0.1, -0.05) is 13.8 Å². The summed E-state index contributed by atoms with van der Waals surface area (Å²) in [6.45, 7) is 8.63. The minimum atomic E-state index is -0.603. The zero-order valence-electron chi connectivity index (χ0n) is 10.5. The highest BCUT2D eigenvalue weighted by atomic mass is 16.5. The summed E-state index contributed by atoms with van der Waals surface area (Å²) in [4.78, 5) is 4.05. The molecule has 0 aliphatic rings. The van der Waals surface area contributed by atoms with E-state index in [4.69, 9.17) is 4.74 Å². The molecule has 0 radical (unpaired) electrons. The van der Waals surface area contributed by atoms with E-state index in [1.807, 2.05) is 19.9 Å². The lowest BCUT2D eigenvalue weighted by Gasteiger charge is -2.27. The summed E-state index contributed by atoms with van der Waals surface area (Å²) in [5.41, 5.74) is 1.91. The van der Waals surface area contributed by atoms with Crippen LogP contribution in [0.4, 0.5) is 0 Å². The van der Waals surface area contributed by atoms with Crippen molar-refractivity contribution in [3.05, 3.63) is 29.6 Å². The number of rotatable bonds is 5. The molecular weight excluding hydrogens is 202 g/mol. The summed E-state index contributed by atoms with van der Waals surface area (Å²) in [5, 5.41) is 10.3. The van der Waals surface area contributed by atoms with Crippen molar-refractivity contribution in [1.82, 2.24) is 4.98 Å². The smallest absolute Gasteiger partial charge is 0.107 e. The van der Waals surface area contributed by atoms with Crippen molar-refractivity contribution in [3.8, 4) is 0 Å². The van der Waals surface area contributed by atoms with E-state index in [0.717, 1.165) is 11.1 Å². The highest BCUT2D eigenvalue weighted by Gasteiger charge is 2.25. The zero-order valence-corrected chi connectivity index (χ0v) is 10.5. The van der Waals surface area contributed by atoms with Gasteiger partial charge in [0.2, 0.25) is 0 Å². The first-order chi connectivity index (χ1) is 7.57. The van der Waals surface area contributed by atoms with Gasteiger partial charge < -0.3 is 9.84 Å². The van der Waals surface area contributed by atoms with Crippen molar-refractivity contribution in [3.63, 3.8) is 0 Å². The first-order valence-electron chi connectivity index (χ1n) is 5.78. The second-order valence-electron chi connectivity index (χ2n) is 4.34. The third kappa shape index (κ3) is 3.03. The van der Waals surface area contributed by atoms with Crippen LogP contribution in [0.5, 0.6) is 0 Å². The molecule has 0 aliphatic carbocycles. The number of nitrogens with zero attached hydrogens (tertiary/aromatic N) is 1. The van der Waals surface area contributed by atoms with Gasteiger partial charge in [-0.2, -0.15) is 0 Å². The molecule has 2 unspecified atom stereocenters. The van der Waals surface area contributed by atoms with Crippen molar-refractivity contribution in [2.75, 3.05) is 6.61 Å². The number of aliphatic hydroxyl groups is 1. The predicted molar refractivity (Wildman–Crippen MR) is 64.2 cm³/mol. The van der Waals surface area contributed by atoms with E-state index in [-0.39, 0.29) is 12.0 Å². The Hall–Kier alpha value is -0.930. The van der Waals surface area contributed by atoms with Crippen LogP contribution in [0.1, 0.15) is 38.0 Å². The van der Waals surface area contributed by atoms with Crippen molar-refractivity contribution in [1.29, 1.82) is 0 Å². The van der Waals surface area contributed by atoms with E-state index in [9.17, 15) is 5.11 Å². The number of hydrogen-bond donors (Lipinski definition) is 1. The van der Waals surface area contributed by atoms with E-state index < -0.39 is 6.10 Å². The van der Waals surface area contributed by atoms with Crippen molar-refractivity contribution < 1.29 is 9.84 Å². The molecule has 1 aromatic heterocycles. The van der Waals surface area contributed by atoms with Gasteiger partial charge in [0.05, 0.1) is 6.10 Å². The van der Waals surface area contributed by atoms with Gasteiger partial charge in [-0.3, -0.25) is 4.98 Å². The molecule has 0 aromatic carbocycles. The fourth-order valence-electron chi connectivity index (χ4n) is 1.80. The molecule has 1 rings (SSSR count). The standard InChI is InChI=1S/C13H21NO2/c1-5-16-13(9(2)3)12(15)11-8-14-7-6-10(11)4/h6-9,12-13,15H,5H2,1-4H3. The summed E-state index contributed by atoms with van der Waals surface area (Å²) in [5.74, 6) is 0.273. The van der Waals surface area contributed by atoms with E-state index in [1.54, 1.807) is 12.4 Å². The monoisotopic (exact) mass is 223 g/mol. The third-order valence-electron chi connectivity index (χ3n) is 2.73. The molecule has 1 heterocycles. The fourth-order valence-corrected chi connectivity index (χ4v) is 1.80. The van der Waals surface area contributed by atoms with E-state index in [0.29, 0.717) is 6.61 Å². The summed E-state index contributed by atoms with van der Waals surface area (Å²) >= 11 is 0. The van der Waals surface area contributed by atoms with Gasteiger partial charge in [-0.15, -0.1) is 0 Å². The highest BCUT2D eigenvalue weighted by Crippen LogP contribution is 2.26. The normalized spacial score (nSPS) is 15.1. The van der Waals surface area contributed by atoms with Crippen molar-refractivity contribution in [2.24, 2.45) is 5.92 Å². The van der Waals surface area contributed by atoms with Crippen LogP contribution in [0.25, 0.3) is 0 Å². The maximum absolute atomic E-state index is 10.3. The van der Waals surface area contributed by atoms with Gasteiger partial charge in [0, 0.05) is 24.6 Å². The quantitative estimate of drug-likeness (QED) is 0.834. The van der Waals surface area contributed by atoms with E-state index in [2.05, 4.69) is 18.8 Å². The molecular formula is C13H21NO2. The summed E-state index contributed by atoms with van der Waals surface area (Å²) in [6, 6.07) is 1.90. The van der Waals surface area contributed by atoms with Gasteiger partial charge in [0.15, 0.2) is 0 Å². The van der Waals surface area contributed by atoms with Gasteiger partial charge in [0.25, 0.3) is 0 Å². The zero-order chi connectivity index (χ0) is 12.1. The second kappa shape index (κ2) is 5.97. The topological polar surface area (TPSA) is 42.4 Å². The summed E-state index contributed by atoms with van der Waals surface area (Å²) in [6.07, 6.45) is 2.67. The molecule has 3 heteroatoms. The van der Waals surface area contributed by atoms with Gasteiger partial charge >= 0.3 is 0 Å². The van der Waals surface area contributed by atoms with Crippen LogP contribution in [0.3, 0.4) is 0 Å². The first kappa shape index (κ1) is 13.1. The maximum atomic E-state index is 10.3. The molecule has 3 nitrogen and oxygen atoms in total. The number of aryl methyl sites for hydroxylation is 1. The number of ether oxygens (including phenoxy) is 1. The van der Waals surface area contributed by atoms with Crippen molar-refractivity contribution >= 4 is 0 Å². The SMILES string of the molecule is CCOC(C(C)C)C(O)c1cnccc1C. The lowest BCUT2D eigenvalue weighted by atomic mass is 9.94. The Morgan fingerprint density at radius 2 is 2.12 bits per heavy atom. The molecule has 0 aliphatic heterocycles. The predicted octanol–water partition coefficient (Wildman–Crippen LogP) is 2.48. The minimum absolute atomic E-state index is 0.173. The van der Waals surface area contributed by atoms with Gasteiger partial charge in [-0.25, -0.2) is 0 Å². The molecule has 1 N–H and O–H groups in total. The van der Waals surface area contributed by atoms with Crippen molar-refractivity contribution in [2.45, 2.75) is 39.9 Å². The number of aromatic nitrogens is 1. The molecule has 0 saturated heterocycles. The van der Waals surface area contributed by atoms with Crippen LogP contribution < -0.4 is 0 Å². The lowest BCUT2D eigenvalue weighted by molar-refractivity contribution is -0.0588. The van der Waals surface area contributed by atoms with Crippen LogP contribution in [0, 0.1) is 12.8 Å². The molecule has 16 heavy (non-hydrogen) atoms. The minimum Gasteiger partial charge on any atom is -0.386 e. The van der Waals surface area contributed by atoms with Crippen LogP contribution in [-0.2, 0) is 4.74 Å².